The number of aliphatic carboxylic acids is 1. The molecule has 2 rings (SSSR count). The summed E-state index contributed by atoms with van der Waals surface area (Å²) in [5.41, 5.74) is 0. The first-order chi connectivity index (χ1) is 10.3. The Bertz CT molecular complexity index is 666. The zero-order chi connectivity index (χ0) is 16.3. The van der Waals surface area contributed by atoms with Crippen LogP contribution in [0, 0.1) is 0 Å². The summed E-state index contributed by atoms with van der Waals surface area (Å²) in [5.74, 6) is -2.30. The number of thiazole rings is 1. The SMILES string of the molecule is O=C(NC(CC(F)(F)F)C(=O)O)c1cnc(-c2ccco2)s1. The van der Waals surface area contributed by atoms with Crippen molar-refractivity contribution in [1.29, 1.82) is 0 Å². The van der Waals surface area contributed by atoms with Crippen molar-refractivity contribution in [2.75, 3.05) is 0 Å². The van der Waals surface area contributed by atoms with Crippen LogP contribution in [0.1, 0.15) is 16.1 Å². The molecule has 22 heavy (non-hydrogen) atoms. The van der Waals surface area contributed by atoms with E-state index < -0.39 is 30.5 Å². The Hall–Kier alpha value is -2.36. The highest BCUT2D eigenvalue weighted by Gasteiger charge is 2.36. The van der Waals surface area contributed by atoms with Gasteiger partial charge < -0.3 is 14.8 Å². The Morgan fingerprint density at radius 3 is 2.73 bits per heavy atom. The van der Waals surface area contributed by atoms with Crippen LogP contribution in [0.3, 0.4) is 0 Å². The summed E-state index contributed by atoms with van der Waals surface area (Å²) in [4.78, 5) is 26.5. The molecule has 0 saturated heterocycles. The second kappa shape index (κ2) is 6.18. The Morgan fingerprint density at radius 1 is 1.45 bits per heavy atom. The van der Waals surface area contributed by atoms with Gasteiger partial charge in [0.25, 0.3) is 5.91 Å². The van der Waals surface area contributed by atoms with Crippen LogP contribution in [0.15, 0.2) is 29.0 Å². The van der Waals surface area contributed by atoms with Gasteiger partial charge in [0.1, 0.15) is 10.9 Å². The number of amides is 1. The topological polar surface area (TPSA) is 92.4 Å². The van der Waals surface area contributed by atoms with Crippen molar-refractivity contribution in [1.82, 2.24) is 10.3 Å². The van der Waals surface area contributed by atoms with Crippen molar-refractivity contribution in [3.8, 4) is 10.8 Å². The van der Waals surface area contributed by atoms with Crippen molar-refractivity contribution < 1.29 is 32.3 Å². The molecule has 2 heterocycles. The number of carbonyl (C=O) groups excluding carboxylic acids is 1. The van der Waals surface area contributed by atoms with E-state index in [0.29, 0.717) is 10.8 Å². The van der Waals surface area contributed by atoms with E-state index in [0.717, 1.165) is 17.5 Å². The van der Waals surface area contributed by atoms with E-state index in [9.17, 15) is 22.8 Å². The quantitative estimate of drug-likeness (QED) is 0.876. The van der Waals surface area contributed by atoms with Gasteiger partial charge in [-0.1, -0.05) is 0 Å². The molecular weight excluding hydrogens is 325 g/mol. The first kappa shape index (κ1) is 16.0. The molecule has 118 valence electrons. The molecule has 0 aliphatic rings. The Kier molecular flexibility index (Phi) is 4.50. The summed E-state index contributed by atoms with van der Waals surface area (Å²) in [5, 5.41) is 10.9. The van der Waals surface area contributed by atoms with E-state index >= 15 is 0 Å². The zero-order valence-corrected chi connectivity index (χ0v) is 11.6. The number of hydrogen-bond donors (Lipinski definition) is 2. The highest BCUT2D eigenvalue weighted by Crippen LogP contribution is 2.26. The van der Waals surface area contributed by atoms with Gasteiger partial charge in [0.05, 0.1) is 18.9 Å². The number of halogens is 3. The number of nitrogens with zero attached hydrogens (tertiary/aromatic N) is 1. The van der Waals surface area contributed by atoms with E-state index in [1.807, 2.05) is 5.32 Å². The predicted octanol–water partition coefficient (Wildman–Crippen LogP) is 2.54. The molecule has 10 heteroatoms. The number of aromatic nitrogens is 1. The fraction of sp³-hybridized carbons (Fsp3) is 0.250. The van der Waals surface area contributed by atoms with Gasteiger partial charge in [-0.15, -0.1) is 11.3 Å². The van der Waals surface area contributed by atoms with Crippen LogP contribution >= 0.6 is 11.3 Å². The average molecular weight is 334 g/mol. The molecule has 0 spiro atoms. The van der Waals surface area contributed by atoms with E-state index in [1.165, 1.54) is 6.26 Å². The summed E-state index contributed by atoms with van der Waals surface area (Å²) >= 11 is 0.879. The molecule has 1 unspecified atom stereocenters. The lowest BCUT2D eigenvalue weighted by molar-refractivity contribution is -0.157. The molecule has 6 nitrogen and oxygen atoms in total. The molecule has 1 atom stereocenters. The number of carbonyl (C=O) groups is 2. The molecule has 1 amide bonds. The van der Waals surface area contributed by atoms with Crippen molar-refractivity contribution in [3.63, 3.8) is 0 Å². The molecule has 0 saturated carbocycles. The summed E-state index contributed by atoms with van der Waals surface area (Å²) < 4.78 is 41.9. The van der Waals surface area contributed by atoms with E-state index in [-0.39, 0.29) is 4.88 Å². The normalized spacial score (nSPS) is 12.9. The number of nitrogens with one attached hydrogen (secondary N) is 1. The Labute approximate surface area is 125 Å². The smallest absolute Gasteiger partial charge is 0.391 e. The van der Waals surface area contributed by atoms with Crippen LogP contribution in [0.25, 0.3) is 10.8 Å². The van der Waals surface area contributed by atoms with Gasteiger partial charge in [-0.2, -0.15) is 13.2 Å². The van der Waals surface area contributed by atoms with Crippen molar-refractivity contribution in [2.45, 2.75) is 18.6 Å². The summed E-state index contributed by atoms with van der Waals surface area (Å²) in [6.45, 7) is 0. The van der Waals surface area contributed by atoms with Gasteiger partial charge in [-0.05, 0) is 12.1 Å². The van der Waals surface area contributed by atoms with Crippen molar-refractivity contribution in [3.05, 3.63) is 29.5 Å². The van der Waals surface area contributed by atoms with Crippen LogP contribution in [0.5, 0.6) is 0 Å². The third-order valence-electron chi connectivity index (χ3n) is 2.50. The number of rotatable bonds is 5. The summed E-state index contributed by atoms with van der Waals surface area (Å²) in [6, 6.07) is 1.16. The number of furan rings is 1. The highest BCUT2D eigenvalue weighted by atomic mass is 32.1. The summed E-state index contributed by atoms with van der Waals surface area (Å²) in [7, 11) is 0. The lowest BCUT2D eigenvalue weighted by atomic mass is 10.2. The van der Waals surface area contributed by atoms with Gasteiger partial charge in [-0.3, -0.25) is 4.79 Å². The van der Waals surface area contributed by atoms with Crippen LogP contribution in [0.4, 0.5) is 13.2 Å². The van der Waals surface area contributed by atoms with Gasteiger partial charge in [-0.25, -0.2) is 9.78 Å². The molecule has 0 aromatic carbocycles. The fourth-order valence-electron chi connectivity index (χ4n) is 1.55. The van der Waals surface area contributed by atoms with Crippen LogP contribution in [0.2, 0.25) is 0 Å². The number of alkyl halides is 3. The fourth-order valence-corrected chi connectivity index (χ4v) is 2.34. The molecule has 0 aliphatic carbocycles. The molecular formula is C12H9F3N2O4S. The maximum atomic E-state index is 12.3. The summed E-state index contributed by atoms with van der Waals surface area (Å²) in [6.07, 6.45) is -3.81. The standard InChI is InChI=1S/C12H9F3N2O4S/c13-12(14,15)4-6(11(19)20)17-9(18)8-5-16-10(22-8)7-2-1-3-21-7/h1-3,5-6H,4H2,(H,17,18)(H,19,20). The van der Waals surface area contributed by atoms with Gasteiger partial charge >= 0.3 is 12.1 Å². The lowest BCUT2D eigenvalue weighted by Crippen LogP contribution is -2.43. The molecule has 0 fully saturated rings. The molecule has 0 aliphatic heterocycles. The highest BCUT2D eigenvalue weighted by molar-refractivity contribution is 7.16. The number of carboxylic acids is 1. The van der Waals surface area contributed by atoms with E-state index in [2.05, 4.69) is 4.98 Å². The van der Waals surface area contributed by atoms with Crippen molar-refractivity contribution in [2.24, 2.45) is 0 Å². The molecule has 0 bridgehead atoms. The number of carboxylic acid groups (broad SMARTS) is 1. The zero-order valence-electron chi connectivity index (χ0n) is 10.8. The van der Waals surface area contributed by atoms with E-state index in [4.69, 9.17) is 9.52 Å². The van der Waals surface area contributed by atoms with Crippen LogP contribution < -0.4 is 5.32 Å². The minimum absolute atomic E-state index is 0.0141. The van der Waals surface area contributed by atoms with Gasteiger partial charge in [0, 0.05) is 0 Å². The first-order valence-electron chi connectivity index (χ1n) is 5.86. The van der Waals surface area contributed by atoms with Crippen LogP contribution in [-0.4, -0.2) is 34.2 Å². The minimum atomic E-state index is -4.70. The van der Waals surface area contributed by atoms with E-state index in [1.54, 1.807) is 12.1 Å². The third kappa shape index (κ3) is 4.07. The molecule has 2 aromatic heterocycles. The molecule has 2 aromatic rings. The second-order valence-corrected chi connectivity index (χ2v) is 5.22. The van der Waals surface area contributed by atoms with Crippen LogP contribution in [-0.2, 0) is 4.79 Å². The van der Waals surface area contributed by atoms with Gasteiger partial charge in [0.2, 0.25) is 0 Å². The average Bonchev–Trinajstić information content (AvgIpc) is 3.07. The maximum Gasteiger partial charge on any atom is 0.391 e. The minimum Gasteiger partial charge on any atom is -0.480 e. The first-order valence-corrected chi connectivity index (χ1v) is 6.68. The molecule has 0 radical (unpaired) electrons. The largest absolute Gasteiger partial charge is 0.480 e. The van der Waals surface area contributed by atoms with Crippen molar-refractivity contribution >= 4 is 23.2 Å². The monoisotopic (exact) mass is 334 g/mol. The Morgan fingerprint density at radius 2 is 2.18 bits per heavy atom. The Balaban J connectivity index is 2.09. The third-order valence-corrected chi connectivity index (χ3v) is 3.51. The predicted molar refractivity (Wildman–Crippen MR) is 69.4 cm³/mol. The lowest BCUT2D eigenvalue weighted by Gasteiger charge is -2.15. The maximum absolute atomic E-state index is 12.3. The van der Waals surface area contributed by atoms with Gasteiger partial charge in [0.15, 0.2) is 10.8 Å². The second-order valence-electron chi connectivity index (χ2n) is 4.19. The molecule has 2 N–H and O–H groups in total. The number of hydrogen-bond acceptors (Lipinski definition) is 5.